The second kappa shape index (κ2) is 7.02. The van der Waals surface area contributed by atoms with Gasteiger partial charge in [-0.3, -0.25) is 4.90 Å². The van der Waals surface area contributed by atoms with Crippen LogP contribution >= 0.6 is 0 Å². The molecule has 122 valence electrons. The number of benzene rings is 1. The van der Waals surface area contributed by atoms with E-state index in [9.17, 15) is 4.39 Å². The van der Waals surface area contributed by atoms with E-state index in [1.165, 1.54) is 12.1 Å². The van der Waals surface area contributed by atoms with Crippen LogP contribution in [-0.4, -0.2) is 41.7 Å². The van der Waals surface area contributed by atoms with Crippen LogP contribution in [0, 0.1) is 5.82 Å². The van der Waals surface area contributed by atoms with Gasteiger partial charge in [0.2, 0.25) is 5.95 Å². The molecule has 0 saturated carbocycles. The van der Waals surface area contributed by atoms with Crippen molar-refractivity contribution in [1.29, 1.82) is 0 Å². The minimum atomic E-state index is -0.270. The fourth-order valence-electron chi connectivity index (χ4n) is 3.15. The van der Waals surface area contributed by atoms with Gasteiger partial charge in [0.05, 0.1) is 18.3 Å². The van der Waals surface area contributed by atoms with Crippen molar-refractivity contribution in [3.05, 3.63) is 42.0 Å². The molecular formula is C17H21FN4O. The number of aromatic nitrogens is 2. The monoisotopic (exact) mass is 316 g/mol. The van der Waals surface area contributed by atoms with E-state index in [-0.39, 0.29) is 17.8 Å². The third-order valence-corrected chi connectivity index (χ3v) is 4.23. The number of likely N-dealkylation sites (tertiary alicyclic amines) is 1. The standard InChI is InChI=1S/C17H21FN4O/c1-23-9-8-22-7-3-6-15(22)16-14(11-20-17(19)21-16)12-4-2-5-13(18)10-12/h2,4-5,10-11,15H,3,6-9H2,1H3,(H2,19,20,21). The van der Waals surface area contributed by atoms with Gasteiger partial charge in [-0.05, 0) is 37.1 Å². The van der Waals surface area contributed by atoms with E-state index in [1.54, 1.807) is 19.4 Å². The molecule has 2 heterocycles. The summed E-state index contributed by atoms with van der Waals surface area (Å²) in [4.78, 5) is 10.9. The molecule has 1 aromatic carbocycles. The zero-order valence-corrected chi connectivity index (χ0v) is 13.2. The topological polar surface area (TPSA) is 64.3 Å². The highest BCUT2D eigenvalue weighted by molar-refractivity contribution is 5.66. The Morgan fingerprint density at radius 1 is 1.43 bits per heavy atom. The number of hydrogen-bond donors (Lipinski definition) is 1. The summed E-state index contributed by atoms with van der Waals surface area (Å²) in [5, 5.41) is 0. The lowest BCUT2D eigenvalue weighted by molar-refractivity contribution is 0.140. The number of ether oxygens (including phenoxy) is 1. The number of anilines is 1. The van der Waals surface area contributed by atoms with Gasteiger partial charge in [0, 0.05) is 25.4 Å². The molecule has 0 bridgehead atoms. The van der Waals surface area contributed by atoms with Crippen LogP contribution < -0.4 is 5.73 Å². The second-order valence-corrected chi connectivity index (χ2v) is 5.72. The molecule has 1 saturated heterocycles. The largest absolute Gasteiger partial charge is 0.383 e. The van der Waals surface area contributed by atoms with Crippen LogP contribution in [-0.2, 0) is 4.74 Å². The lowest BCUT2D eigenvalue weighted by atomic mass is 10.00. The molecule has 2 aromatic rings. The quantitative estimate of drug-likeness (QED) is 0.918. The van der Waals surface area contributed by atoms with Crippen molar-refractivity contribution in [2.75, 3.05) is 32.5 Å². The summed E-state index contributed by atoms with van der Waals surface area (Å²) >= 11 is 0. The number of rotatable bonds is 5. The lowest BCUT2D eigenvalue weighted by Crippen LogP contribution is -2.28. The minimum absolute atomic E-state index is 0.161. The van der Waals surface area contributed by atoms with Gasteiger partial charge in [-0.2, -0.15) is 0 Å². The van der Waals surface area contributed by atoms with E-state index >= 15 is 0 Å². The maximum absolute atomic E-state index is 13.6. The Morgan fingerprint density at radius 3 is 3.09 bits per heavy atom. The van der Waals surface area contributed by atoms with Crippen molar-refractivity contribution in [2.45, 2.75) is 18.9 Å². The van der Waals surface area contributed by atoms with Crippen molar-refractivity contribution >= 4 is 5.95 Å². The molecule has 6 heteroatoms. The van der Waals surface area contributed by atoms with Gasteiger partial charge in [0.1, 0.15) is 5.82 Å². The zero-order chi connectivity index (χ0) is 16.2. The first-order valence-corrected chi connectivity index (χ1v) is 7.80. The van der Waals surface area contributed by atoms with Gasteiger partial charge in [-0.15, -0.1) is 0 Å². The first-order valence-electron chi connectivity index (χ1n) is 7.80. The molecule has 0 aliphatic carbocycles. The van der Waals surface area contributed by atoms with Crippen molar-refractivity contribution in [3.8, 4) is 11.1 Å². The molecule has 0 amide bonds. The smallest absolute Gasteiger partial charge is 0.220 e. The van der Waals surface area contributed by atoms with Crippen LogP contribution in [0.5, 0.6) is 0 Å². The molecular weight excluding hydrogens is 295 g/mol. The summed E-state index contributed by atoms with van der Waals surface area (Å²) < 4.78 is 18.8. The van der Waals surface area contributed by atoms with E-state index in [1.807, 2.05) is 6.07 Å². The average molecular weight is 316 g/mol. The predicted molar refractivity (Wildman–Crippen MR) is 87.3 cm³/mol. The van der Waals surface area contributed by atoms with Crippen LogP contribution in [0.1, 0.15) is 24.6 Å². The van der Waals surface area contributed by atoms with Gasteiger partial charge in [-0.25, -0.2) is 14.4 Å². The summed E-state index contributed by atoms with van der Waals surface area (Å²) in [7, 11) is 1.70. The van der Waals surface area contributed by atoms with Crippen LogP contribution in [0.4, 0.5) is 10.3 Å². The number of hydrogen-bond acceptors (Lipinski definition) is 5. The molecule has 1 aliphatic rings. The number of nitrogens with zero attached hydrogens (tertiary/aromatic N) is 3. The molecule has 1 atom stereocenters. The van der Waals surface area contributed by atoms with Crippen molar-refractivity contribution in [2.24, 2.45) is 0 Å². The second-order valence-electron chi connectivity index (χ2n) is 5.72. The summed E-state index contributed by atoms with van der Waals surface area (Å²) in [6, 6.07) is 6.67. The highest BCUT2D eigenvalue weighted by Crippen LogP contribution is 2.36. The van der Waals surface area contributed by atoms with Crippen molar-refractivity contribution in [3.63, 3.8) is 0 Å². The van der Waals surface area contributed by atoms with Crippen molar-refractivity contribution < 1.29 is 9.13 Å². The molecule has 1 aliphatic heterocycles. The van der Waals surface area contributed by atoms with Crippen LogP contribution in [0.25, 0.3) is 11.1 Å². The molecule has 2 N–H and O–H groups in total. The Labute approximate surface area is 135 Å². The normalized spacial score (nSPS) is 18.4. The van der Waals surface area contributed by atoms with Crippen LogP contribution in [0.15, 0.2) is 30.5 Å². The average Bonchev–Trinajstić information content (AvgIpc) is 3.01. The van der Waals surface area contributed by atoms with E-state index in [0.29, 0.717) is 6.61 Å². The predicted octanol–water partition coefficient (Wildman–Crippen LogP) is 2.65. The molecule has 3 rings (SSSR count). The zero-order valence-electron chi connectivity index (χ0n) is 13.2. The van der Waals surface area contributed by atoms with E-state index in [2.05, 4.69) is 14.9 Å². The Morgan fingerprint density at radius 2 is 2.30 bits per heavy atom. The van der Waals surface area contributed by atoms with E-state index in [0.717, 1.165) is 42.8 Å². The van der Waals surface area contributed by atoms with Crippen LogP contribution in [0.3, 0.4) is 0 Å². The summed E-state index contributed by atoms with van der Waals surface area (Å²) in [5.74, 6) is -0.0216. The number of nitrogens with two attached hydrogens (primary N) is 1. The fraction of sp³-hybridized carbons (Fsp3) is 0.412. The Balaban J connectivity index is 1.99. The molecule has 23 heavy (non-hydrogen) atoms. The van der Waals surface area contributed by atoms with Gasteiger partial charge in [0.15, 0.2) is 0 Å². The van der Waals surface area contributed by atoms with E-state index in [4.69, 9.17) is 10.5 Å². The Kier molecular flexibility index (Phi) is 4.83. The third kappa shape index (κ3) is 3.48. The first-order chi connectivity index (χ1) is 11.2. The highest BCUT2D eigenvalue weighted by atomic mass is 19.1. The molecule has 0 spiro atoms. The SMILES string of the molecule is COCCN1CCCC1c1nc(N)ncc1-c1cccc(F)c1. The molecule has 1 unspecified atom stereocenters. The van der Waals surface area contributed by atoms with Gasteiger partial charge in [-0.1, -0.05) is 12.1 Å². The lowest BCUT2D eigenvalue weighted by Gasteiger charge is -2.25. The molecule has 0 radical (unpaired) electrons. The Hall–Kier alpha value is -2.05. The molecule has 1 fully saturated rings. The van der Waals surface area contributed by atoms with Crippen LogP contribution in [0.2, 0.25) is 0 Å². The molecule has 1 aromatic heterocycles. The summed E-state index contributed by atoms with van der Waals surface area (Å²) in [6.45, 7) is 2.51. The summed E-state index contributed by atoms with van der Waals surface area (Å²) in [6.07, 6.45) is 3.79. The fourth-order valence-corrected chi connectivity index (χ4v) is 3.15. The van der Waals surface area contributed by atoms with E-state index < -0.39 is 0 Å². The van der Waals surface area contributed by atoms with Crippen molar-refractivity contribution in [1.82, 2.24) is 14.9 Å². The van der Waals surface area contributed by atoms with Gasteiger partial charge >= 0.3 is 0 Å². The maximum Gasteiger partial charge on any atom is 0.220 e. The maximum atomic E-state index is 13.6. The highest BCUT2D eigenvalue weighted by Gasteiger charge is 2.29. The Bertz CT molecular complexity index is 679. The number of methoxy groups -OCH3 is 1. The number of nitrogen functional groups attached to an aromatic ring is 1. The number of halogens is 1. The summed E-state index contributed by atoms with van der Waals surface area (Å²) in [5.41, 5.74) is 8.30. The van der Waals surface area contributed by atoms with Gasteiger partial charge in [0.25, 0.3) is 0 Å². The minimum Gasteiger partial charge on any atom is -0.383 e. The molecule has 5 nitrogen and oxygen atoms in total. The first kappa shape index (κ1) is 15.8. The third-order valence-electron chi connectivity index (χ3n) is 4.23. The van der Waals surface area contributed by atoms with Gasteiger partial charge < -0.3 is 10.5 Å².